The van der Waals surface area contributed by atoms with Gasteiger partial charge in [0.1, 0.15) is 11.4 Å². The molecule has 16 nitrogen and oxygen atoms in total. The number of anilines is 2. The van der Waals surface area contributed by atoms with E-state index in [1.165, 1.54) is 0 Å². The molecule has 0 heterocycles. The Bertz CT molecular complexity index is 1150. The summed E-state index contributed by atoms with van der Waals surface area (Å²) < 4.78 is 25.2. The van der Waals surface area contributed by atoms with Gasteiger partial charge in [0, 0.05) is 23.3 Å². The van der Waals surface area contributed by atoms with Gasteiger partial charge < -0.3 is 11.5 Å². The number of nitrogens with zero attached hydrogens (tertiary/aromatic N) is 4. The quantitative estimate of drug-likeness (QED) is 0.326. The molecule has 2 aromatic rings. The molecule has 31 heavy (non-hydrogen) atoms. The Balaban J connectivity index is 2.54. The van der Waals surface area contributed by atoms with Crippen molar-refractivity contribution in [1.29, 1.82) is 0 Å². The van der Waals surface area contributed by atoms with Crippen molar-refractivity contribution in [2.45, 2.75) is 11.5 Å². The van der Waals surface area contributed by atoms with Gasteiger partial charge >= 0.3 is 0 Å². The van der Waals surface area contributed by atoms with Crippen LogP contribution in [0.25, 0.3) is 0 Å². The summed E-state index contributed by atoms with van der Waals surface area (Å²) in [6.07, 6.45) is 0. The van der Waals surface area contributed by atoms with Crippen LogP contribution in [0.5, 0.6) is 0 Å². The van der Waals surface area contributed by atoms with Gasteiger partial charge in [-0.2, -0.15) is 0 Å². The second kappa shape index (κ2) is 8.14. The molecule has 0 bridgehead atoms. The van der Waals surface area contributed by atoms with E-state index in [-0.39, 0.29) is 0 Å². The van der Waals surface area contributed by atoms with E-state index in [4.69, 9.17) is 11.5 Å². The van der Waals surface area contributed by atoms with E-state index in [1.807, 2.05) is 0 Å². The van der Waals surface area contributed by atoms with Crippen LogP contribution in [0.2, 0.25) is 0 Å². The highest BCUT2D eigenvalue weighted by Crippen LogP contribution is 2.35. The summed E-state index contributed by atoms with van der Waals surface area (Å²) in [6, 6.07) is 2.60. The Morgan fingerprint density at radius 3 is 1.23 bits per heavy atom. The number of nitrogens with two attached hydrogens (primary N) is 2. The first-order chi connectivity index (χ1) is 14.2. The van der Waals surface area contributed by atoms with Gasteiger partial charge in [-0.25, -0.2) is 8.42 Å². The fourth-order valence-electron chi connectivity index (χ4n) is 2.64. The number of nitrogen functional groups attached to an aromatic ring is 2. The van der Waals surface area contributed by atoms with Crippen LogP contribution in [0.15, 0.2) is 24.3 Å². The van der Waals surface area contributed by atoms with Crippen LogP contribution in [0, 0.1) is 40.5 Å². The molecule has 0 aliphatic carbocycles. The number of sulfone groups is 1. The van der Waals surface area contributed by atoms with E-state index in [1.54, 1.807) is 0 Å². The molecule has 0 aromatic heterocycles. The normalized spacial score (nSPS) is 11.1. The Hall–Kier alpha value is -4.41. The molecular formula is C14H12N6O10S. The number of nitro groups is 4. The van der Waals surface area contributed by atoms with Crippen LogP contribution >= 0.6 is 0 Å². The highest BCUT2D eigenvalue weighted by atomic mass is 32.2. The molecule has 4 N–H and O–H groups in total. The lowest BCUT2D eigenvalue weighted by Crippen LogP contribution is -2.13. The zero-order valence-corrected chi connectivity index (χ0v) is 16.0. The number of rotatable bonds is 8. The lowest BCUT2D eigenvalue weighted by atomic mass is 10.1. The number of non-ortho nitro benzene ring substituents is 2. The van der Waals surface area contributed by atoms with Gasteiger partial charge in [0.25, 0.3) is 22.7 Å². The predicted octanol–water partition coefficient (Wildman–Crippen LogP) is 1.60. The summed E-state index contributed by atoms with van der Waals surface area (Å²) in [7, 11) is -4.35. The summed E-state index contributed by atoms with van der Waals surface area (Å²) in [4.78, 5) is 40.1. The number of hydrogen-bond donors (Lipinski definition) is 2. The summed E-state index contributed by atoms with van der Waals surface area (Å²) in [6.45, 7) is 0. The Morgan fingerprint density at radius 1 is 0.645 bits per heavy atom. The van der Waals surface area contributed by atoms with E-state index in [9.17, 15) is 48.9 Å². The van der Waals surface area contributed by atoms with Crippen molar-refractivity contribution in [2.24, 2.45) is 0 Å². The second-order valence-corrected chi connectivity index (χ2v) is 8.20. The highest BCUT2D eigenvalue weighted by molar-refractivity contribution is 7.89. The molecule has 0 amide bonds. The standard InChI is InChI=1S/C14H12N6O10S/c15-13-7(1-9(17(21)22)3-11(13)19(25)26)5-31(29,30)6-8-2-10(18(23)24)4-12(14(8)16)20(27)28/h1-4H,5-6,15-16H2. The van der Waals surface area contributed by atoms with Gasteiger partial charge in [0.15, 0.2) is 9.84 Å². The van der Waals surface area contributed by atoms with E-state index >= 15 is 0 Å². The van der Waals surface area contributed by atoms with Crippen molar-refractivity contribution >= 4 is 44.0 Å². The minimum Gasteiger partial charge on any atom is -0.393 e. The number of benzene rings is 2. The fourth-order valence-corrected chi connectivity index (χ4v) is 4.16. The zero-order chi connectivity index (χ0) is 23.7. The molecule has 0 saturated carbocycles. The third-order valence-electron chi connectivity index (χ3n) is 4.02. The Morgan fingerprint density at radius 2 is 0.968 bits per heavy atom. The maximum Gasteiger partial charge on any atom is 0.299 e. The van der Waals surface area contributed by atoms with E-state index < -0.39 is 86.3 Å². The van der Waals surface area contributed by atoms with Crippen LogP contribution in [-0.4, -0.2) is 28.1 Å². The molecule has 0 radical (unpaired) electrons. The first-order valence-corrected chi connectivity index (χ1v) is 9.68. The van der Waals surface area contributed by atoms with Crippen LogP contribution in [0.1, 0.15) is 11.1 Å². The topological polar surface area (TPSA) is 259 Å². The van der Waals surface area contributed by atoms with E-state index in [0.717, 1.165) is 12.1 Å². The first-order valence-electron chi connectivity index (χ1n) is 7.86. The van der Waals surface area contributed by atoms with Crippen LogP contribution in [-0.2, 0) is 21.3 Å². The number of nitro benzene ring substituents is 4. The van der Waals surface area contributed by atoms with Crippen LogP contribution in [0.4, 0.5) is 34.1 Å². The molecule has 164 valence electrons. The molecule has 0 atom stereocenters. The lowest BCUT2D eigenvalue weighted by Gasteiger charge is -2.10. The summed E-state index contributed by atoms with van der Waals surface area (Å²) in [5, 5.41) is 44.1. The molecule has 2 rings (SSSR count). The molecule has 0 fully saturated rings. The minimum atomic E-state index is -4.35. The Labute approximate surface area is 171 Å². The molecule has 17 heteroatoms. The maximum absolute atomic E-state index is 12.6. The summed E-state index contributed by atoms with van der Waals surface area (Å²) in [5.41, 5.74) is 5.66. The van der Waals surface area contributed by atoms with Crippen molar-refractivity contribution in [2.75, 3.05) is 11.5 Å². The molecule has 0 aliphatic rings. The monoisotopic (exact) mass is 456 g/mol. The van der Waals surface area contributed by atoms with Gasteiger partial charge in [0.05, 0.1) is 43.3 Å². The van der Waals surface area contributed by atoms with Crippen molar-refractivity contribution in [3.8, 4) is 0 Å². The van der Waals surface area contributed by atoms with Gasteiger partial charge in [-0.1, -0.05) is 0 Å². The molecule has 0 spiro atoms. The largest absolute Gasteiger partial charge is 0.393 e. The highest BCUT2D eigenvalue weighted by Gasteiger charge is 2.28. The fraction of sp³-hybridized carbons (Fsp3) is 0.143. The van der Waals surface area contributed by atoms with Gasteiger partial charge in [0.2, 0.25) is 0 Å². The van der Waals surface area contributed by atoms with Crippen LogP contribution in [0.3, 0.4) is 0 Å². The van der Waals surface area contributed by atoms with E-state index in [0.29, 0.717) is 12.1 Å². The van der Waals surface area contributed by atoms with Crippen molar-refractivity contribution in [1.82, 2.24) is 0 Å². The van der Waals surface area contributed by atoms with Gasteiger partial charge in [-0.05, 0) is 0 Å². The zero-order valence-electron chi connectivity index (χ0n) is 15.2. The molecular weight excluding hydrogens is 444 g/mol. The molecule has 0 unspecified atom stereocenters. The summed E-state index contributed by atoms with van der Waals surface area (Å²) >= 11 is 0. The third kappa shape index (κ3) is 4.96. The van der Waals surface area contributed by atoms with E-state index in [2.05, 4.69) is 0 Å². The first kappa shape index (κ1) is 22.9. The van der Waals surface area contributed by atoms with Crippen molar-refractivity contribution < 1.29 is 28.1 Å². The smallest absolute Gasteiger partial charge is 0.299 e. The average Bonchev–Trinajstić information content (AvgIpc) is 2.63. The second-order valence-electron chi connectivity index (χ2n) is 6.14. The molecule has 2 aromatic carbocycles. The average molecular weight is 456 g/mol. The van der Waals surface area contributed by atoms with Crippen molar-refractivity contribution in [3.63, 3.8) is 0 Å². The maximum atomic E-state index is 12.6. The molecule has 0 saturated heterocycles. The Kier molecular flexibility index (Phi) is 6.01. The van der Waals surface area contributed by atoms with Crippen molar-refractivity contribution in [3.05, 3.63) is 75.8 Å². The molecule has 0 aliphatic heterocycles. The minimum absolute atomic E-state index is 0.459. The SMILES string of the molecule is Nc1c(CS(=O)(=O)Cc2cc([N+](=O)[O-])cc([N+](=O)[O-])c2N)cc([N+](=O)[O-])cc1[N+](=O)[O-]. The third-order valence-corrected chi connectivity index (χ3v) is 5.52. The van der Waals surface area contributed by atoms with Gasteiger partial charge in [-0.3, -0.25) is 40.5 Å². The van der Waals surface area contributed by atoms with Gasteiger partial charge in [-0.15, -0.1) is 0 Å². The van der Waals surface area contributed by atoms with Crippen LogP contribution < -0.4 is 11.5 Å². The predicted molar refractivity (Wildman–Crippen MR) is 105 cm³/mol. The lowest BCUT2D eigenvalue weighted by molar-refractivity contribution is -0.393. The number of hydrogen-bond acceptors (Lipinski definition) is 12. The summed E-state index contributed by atoms with van der Waals surface area (Å²) in [5.74, 6) is -2.06.